The number of carbonyl (C=O) groups is 3. The summed E-state index contributed by atoms with van der Waals surface area (Å²) in [5.41, 5.74) is 5.07. The van der Waals surface area contributed by atoms with Crippen molar-refractivity contribution in [1.82, 2.24) is 10.3 Å². The van der Waals surface area contributed by atoms with Gasteiger partial charge in [0.1, 0.15) is 0 Å². The molecule has 0 radical (unpaired) electrons. The maximum Gasteiger partial charge on any atom is 0.256 e. The summed E-state index contributed by atoms with van der Waals surface area (Å²) in [5.74, 6) is -0.386. The molecule has 0 unspecified atom stereocenters. The standard InChI is InChI=1S/C31H32N4O3S2/c1-19-12-13-20(2)26(16-19)34-28(36)18-39-31-35-25-15-14-22(17-27(25)40-31)33-30(38)24-11-7-6-10-23(24)29(37)32-21-8-4-3-5-9-21/h6-7,10-17,21H,3-5,8-9,18H2,1-2H3,(H,32,37)(H,33,38)(H,34,36). The first kappa shape index (κ1) is 27.9. The van der Waals surface area contributed by atoms with Crippen molar-refractivity contribution >= 4 is 62.4 Å². The molecule has 9 heteroatoms. The highest BCUT2D eigenvalue weighted by Crippen LogP contribution is 2.32. The molecule has 0 saturated heterocycles. The van der Waals surface area contributed by atoms with Crippen LogP contribution in [0, 0.1) is 13.8 Å². The van der Waals surface area contributed by atoms with Crippen LogP contribution in [0.4, 0.5) is 11.4 Å². The second kappa shape index (κ2) is 12.7. The quantitative estimate of drug-likeness (QED) is 0.198. The summed E-state index contributed by atoms with van der Waals surface area (Å²) < 4.78 is 1.68. The van der Waals surface area contributed by atoms with Gasteiger partial charge in [0.2, 0.25) is 5.91 Å². The van der Waals surface area contributed by atoms with Crippen LogP contribution in [0.2, 0.25) is 0 Å². The van der Waals surface area contributed by atoms with E-state index in [1.54, 1.807) is 30.3 Å². The molecule has 5 rings (SSSR count). The van der Waals surface area contributed by atoms with Crippen molar-refractivity contribution in [2.45, 2.75) is 56.3 Å². The normalized spacial score (nSPS) is 13.7. The van der Waals surface area contributed by atoms with Crippen LogP contribution >= 0.6 is 23.1 Å². The van der Waals surface area contributed by atoms with Gasteiger partial charge in [0.15, 0.2) is 4.34 Å². The summed E-state index contributed by atoms with van der Waals surface area (Å²) in [4.78, 5) is 43.3. The number of aromatic nitrogens is 1. The van der Waals surface area contributed by atoms with Gasteiger partial charge in [-0.2, -0.15) is 0 Å². The minimum Gasteiger partial charge on any atom is -0.349 e. The highest BCUT2D eigenvalue weighted by Gasteiger charge is 2.21. The SMILES string of the molecule is Cc1ccc(C)c(NC(=O)CSc2nc3ccc(NC(=O)c4ccccc4C(=O)NC4CCCCC4)cc3s2)c1. The number of fused-ring (bicyclic) bond motifs is 1. The van der Waals surface area contributed by atoms with E-state index in [1.165, 1.54) is 29.5 Å². The number of nitrogens with one attached hydrogen (secondary N) is 3. The van der Waals surface area contributed by atoms with Gasteiger partial charge in [-0.15, -0.1) is 11.3 Å². The van der Waals surface area contributed by atoms with E-state index in [-0.39, 0.29) is 29.5 Å². The summed E-state index contributed by atoms with van der Waals surface area (Å²) in [6.45, 7) is 3.96. The lowest BCUT2D eigenvalue weighted by Crippen LogP contribution is -2.37. The summed E-state index contributed by atoms with van der Waals surface area (Å²) >= 11 is 2.86. The lowest BCUT2D eigenvalue weighted by Gasteiger charge is -2.23. The van der Waals surface area contributed by atoms with Crippen LogP contribution in [-0.4, -0.2) is 34.5 Å². The number of hydrogen-bond acceptors (Lipinski definition) is 6. The fourth-order valence-corrected chi connectivity index (χ4v) is 6.72. The Morgan fingerprint density at radius 1 is 0.900 bits per heavy atom. The lowest BCUT2D eigenvalue weighted by molar-refractivity contribution is -0.113. The first-order valence-corrected chi connectivity index (χ1v) is 15.3. The fourth-order valence-electron chi connectivity index (χ4n) is 4.81. The molecular formula is C31H32N4O3S2. The van der Waals surface area contributed by atoms with E-state index in [0.29, 0.717) is 16.8 Å². The molecule has 3 N–H and O–H groups in total. The molecule has 0 atom stereocenters. The molecule has 1 aliphatic rings. The molecule has 1 fully saturated rings. The number of anilines is 2. The number of hydrogen-bond donors (Lipinski definition) is 3. The van der Waals surface area contributed by atoms with Crippen LogP contribution in [0.15, 0.2) is 65.0 Å². The number of amides is 3. The molecule has 1 aromatic heterocycles. The molecule has 1 saturated carbocycles. The molecule has 1 aliphatic carbocycles. The largest absolute Gasteiger partial charge is 0.349 e. The smallest absolute Gasteiger partial charge is 0.256 e. The monoisotopic (exact) mass is 572 g/mol. The number of thiazole rings is 1. The Morgan fingerprint density at radius 3 is 2.42 bits per heavy atom. The first-order valence-electron chi connectivity index (χ1n) is 13.5. The van der Waals surface area contributed by atoms with Crippen LogP contribution in [0.1, 0.15) is 63.9 Å². The van der Waals surface area contributed by atoms with Crippen molar-refractivity contribution in [3.05, 3.63) is 82.9 Å². The molecule has 0 aliphatic heterocycles. The Kier molecular flexibility index (Phi) is 8.81. The molecule has 1 heterocycles. The topological polar surface area (TPSA) is 100 Å². The Bertz CT molecular complexity index is 1560. The highest BCUT2D eigenvalue weighted by molar-refractivity contribution is 8.01. The van der Waals surface area contributed by atoms with E-state index in [2.05, 4.69) is 20.9 Å². The van der Waals surface area contributed by atoms with Crippen molar-refractivity contribution in [2.75, 3.05) is 16.4 Å². The maximum absolute atomic E-state index is 13.2. The van der Waals surface area contributed by atoms with Gasteiger partial charge in [-0.3, -0.25) is 14.4 Å². The molecule has 3 amide bonds. The number of carbonyl (C=O) groups excluding carboxylic acids is 3. The number of thioether (sulfide) groups is 1. The van der Waals surface area contributed by atoms with E-state index in [4.69, 9.17) is 0 Å². The van der Waals surface area contributed by atoms with Gasteiger partial charge >= 0.3 is 0 Å². The van der Waals surface area contributed by atoms with Gasteiger partial charge in [-0.05, 0) is 74.2 Å². The molecule has 7 nitrogen and oxygen atoms in total. The molecule has 206 valence electrons. The van der Waals surface area contributed by atoms with Crippen molar-refractivity contribution in [3.8, 4) is 0 Å². The van der Waals surface area contributed by atoms with E-state index >= 15 is 0 Å². The zero-order chi connectivity index (χ0) is 28.1. The number of nitrogens with zero attached hydrogens (tertiary/aromatic N) is 1. The first-order chi connectivity index (χ1) is 19.4. The fraction of sp³-hybridized carbons (Fsp3) is 0.290. The predicted molar refractivity (Wildman–Crippen MR) is 164 cm³/mol. The number of rotatable bonds is 8. The lowest BCUT2D eigenvalue weighted by atomic mass is 9.95. The second-order valence-electron chi connectivity index (χ2n) is 10.1. The predicted octanol–water partition coefficient (Wildman–Crippen LogP) is 6.96. The van der Waals surface area contributed by atoms with E-state index in [1.807, 2.05) is 44.2 Å². The molecular weight excluding hydrogens is 541 g/mol. The third kappa shape index (κ3) is 6.89. The second-order valence-corrected chi connectivity index (χ2v) is 12.4. The third-order valence-corrected chi connectivity index (χ3v) is 9.14. The van der Waals surface area contributed by atoms with Crippen LogP contribution in [0.5, 0.6) is 0 Å². The van der Waals surface area contributed by atoms with Crippen LogP contribution < -0.4 is 16.0 Å². The number of aryl methyl sites for hydroxylation is 2. The van der Waals surface area contributed by atoms with Crippen LogP contribution in [0.25, 0.3) is 10.2 Å². The van der Waals surface area contributed by atoms with Gasteiger partial charge in [-0.25, -0.2) is 4.98 Å². The molecule has 4 aromatic rings. The van der Waals surface area contributed by atoms with Crippen molar-refractivity contribution in [2.24, 2.45) is 0 Å². The summed E-state index contributed by atoms with van der Waals surface area (Å²) in [6.07, 6.45) is 5.40. The van der Waals surface area contributed by atoms with Crippen molar-refractivity contribution < 1.29 is 14.4 Å². The summed E-state index contributed by atoms with van der Waals surface area (Å²) in [7, 11) is 0. The Labute approximate surface area is 242 Å². The zero-order valence-electron chi connectivity index (χ0n) is 22.6. The van der Waals surface area contributed by atoms with Gasteiger partial charge in [0.25, 0.3) is 11.8 Å². The summed E-state index contributed by atoms with van der Waals surface area (Å²) in [5, 5.41) is 9.02. The minimum absolute atomic E-state index is 0.0860. The Hall–Kier alpha value is -3.69. The maximum atomic E-state index is 13.2. The van der Waals surface area contributed by atoms with Gasteiger partial charge in [0, 0.05) is 17.4 Å². The zero-order valence-corrected chi connectivity index (χ0v) is 24.2. The van der Waals surface area contributed by atoms with Crippen molar-refractivity contribution in [1.29, 1.82) is 0 Å². The molecule has 0 spiro atoms. The van der Waals surface area contributed by atoms with E-state index < -0.39 is 0 Å². The average Bonchev–Trinajstić information content (AvgIpc) is 3.37. The van der Waals surface area contributed by atoms with Gasteiger partial charge in [0.05, 0.1) is 27.1 Å². The number of benzene rings is 3. The van der Waals surface area contributed by atoms with Crippen molar-refractivity contribution in [3.63, 3.8) is 0 Å². The van der Waals surface area contributed by atoms with Gasteiger partial charge in [-0.1, -0.05) is 55.3 Å². The highest BCUT2D eigenvalue weighted by atomic mass is 32.2. The van der Waals surface area contributed by atoms with Crippen LogP contribution in [-0.2, 0) is 4.79 Å². The van der Waals surface area contributed by atoms with E-state index in [0.717, 1.165) is 57.1 Å². The molecule has 40 heavy (non-hydrogen) atoms. The van der Waals surface area contributed by atoms with Crippen LogP contribution in [0.3, 0.4) is 0 Å². The minimum atomic E-state index is -0.337. The summed E-state index contributed by atoms with van der Waals surface area (Å²) in [6, 6.07) is 18.6. The molecule has 3 aromatic carbocycles. The molecule has 0 bridgehead atoms. The Balaban J connectivity index is 1.22. The Morgan fingerprint density at radius 2 is 1.65 bits per heavy atom. The third-order valence-electron chi connectivity index (χ3n) is 6.98. The van der Waals surface area contributed by atoms with E-state index in [9.17, 15) is 14.4 Å². The van der Waals surface area contributed by atoms with Gasteiger partial charge < -0.3 is 16.0 Å². The average molecular weight is 573 g/mol.